The summed E-state index contributed by atoms with van der Waals surface area (Å²) in [6.45, 7) is 2.02. The number of benzene rings is 1. The molecule has 1 atom stereocenters. The molecule has 1 aromatic carbocycles. The second-order valence-corrected chi connectivity index (χ2v) is 3.95. The minimum atomic E-state index is -0.407. The van der Waals surface area contributed by atoms with Gasteiger partial charge in [-0.15, -0.1) is 0 Å². The van der Waals surface area contributed by atoms with Crippen molar-refractivity contribution >= 4 is 11.4 Å². The first-order valence-electron chi connectivity index (χ1n) is 5.58. The van der Waals surface area contributed by atoms with Gasteiger partial charge in [0.05, 0.1) is 4.92 Å². The van der Waals surface area contributed by atoms with E-state index < -0.39 is 4.92 Å². The van der Waals surface area contributed by atoms with Gasteiger partial charge in [0, 0.05) is 36.3 Å². The van der Waals surface area contributed by atoms with Crippen molar-refractivity contribution in [2.24, 2.45) is 0 Å². The van der Waals surface area contributed by atoms with Crippen LogP contribution in [0.1, 0.15) is 18.5 Å². The Morgan fingerprint density at radius 2 is 1.78 bits per heavy atom. The number of aromatic nitrogens is 1. The van der Waals surface area contributed by atoms with Crippen LogP contribution in [0, 0.1) is 10.1 Å². The lowest BCUT2D eigenvalue weighted by Gasteiger charge is -2.15. The number of pyridine rings is 1. The van der Waals surface area contributed by atoms with E-state index in [-0.39, 0.29) is 11.7 Å². The van der Waals surface area contributed by atoms with Crippen molar-refractivity contribution in [1.29, 1.82) is 0 Å². The molecule has 1 N–H and O–H groups in total. The van der Waals surface area contributed by atoms with E-state index >= 15 is 0 Å². The zero-order valence-electron chi connectivity index (χ0n) is 9.91. The Hall–Kier alpha value is -2.43. The quantitative estimate of drug-likeness (QED) is 0.661. The van der Waals surface area contributed by atoms with Crippen molar-refractivity contribution in [1.82, 2.24) is 4.98 Å². The largest absolute Gasteiger partial charge is 0.379 e. The Morgan fingerprint density at radius 1 is 1.17 bits per heavy atom. The van der Waals surface area contributed by atoms with Gasteiger partial charge >= 0.3 is 0 Å². The molecule has 92 valence electrons. The van der Waals surface area contributed by atoms with Crippen molar-refractivity contribution in [3.05, 3.63) is 64.5 Å². The molecule has 0 fully saturated rings. The van der Waals surface area contributed by atoms with E-state index in [2.05, 4.69) is 10.3 Å². The van der Waals surface area contributed by atoms with Crippen LogP contribution in [0.15, 0.2) is 48.8 Å². The Morgan fingerprint density at radius 3 is 2.33 bits per heavy atom. The predicted molar refractivity (Wildman–Crippen MR) is 69.4 cm³/mol. The Bertz CT molecular complexity index is 526. The highest BCUT2D eigenvalue weighted by Gasteiger charge is 2.07. The van der Waals surface area contributed by atoms with Crippen molar-refractivity contribution in [2.45, 2.75) is 13.0 Å². The van der Waals surface area contributed by atoms with Crippen molar-refractivity contribution in [3.63, 3.8) is 0 Å². The standard InChI is InChI=1S/C13H13N3O2/c1-10(11-6-8-14-9-7-11)15-12-2-4-13(5-3-12)16(17)18/h2-10,15H,1H3/t10-/m0/s1. The Balaban J connectivity index is 2.08. The fourth-order valence-corrected chi connectivity index (χ4v) is 1.66. The lowest BCUT2D eigenvalue weighted by atomic mass is 10.1. The molecule has 0 saturated heterocycles. The molecule has 0 aliphatic carbocycles. The molecule has 0 aliphatic heterocycles. The molecule has 0 spiro atoms. The topological polar surface area (TPSA) is 68.1 Å². The van der Waals surface area contributed by atoms with E-state index in [0.29, 0.717) is 0 Å². The summed E-state index contributed by atoms with van der Waals surface area (Å²) >= 11 is 0. The van der Waals surface area contributed by atoms with E-state index in [0.717, 1.165) is 11.3 Å². The average molecular weight is 243 g/mol. The summed E-state index contributed by atoms with van der Waals surface area (Å²) in [7, 11) is 0. The fourth-order valence-electron chi connectivity index (χ4n) is 1.66. The molecule has 0 unspecified atom stereocenters. The summed E-state index contributed by atoms with van der Waals surface area (Å²) in [5.74, 6) is 0. The van der Waals surface area contributed by atoms with Gasteiger partial charge in [0.25, 0.3) is 5.69 Å². The Labute approximate surface area is 105 Å². The molecule has 1 aromatic heterocycles. The van der Waals surface area contributed by atoms with Gasteiger partial charge in [0.15, 0.2) is 0 Å². The van der Waals surface area contributed by atoms with E-state index in [1.807, 2.05) is 19.1 Å². The molecule has 5 heteroatoms. The monoisotopic (exact) mass is 243 g/mol. The summed E-state index contributed by atoms with van der Waals surface area (Å²) in [4.78, 5) is 14.1. The maximum absolute atomic E-state index is 10.5. The second kappa shape index (κ2) is 5.27. The van der Waals surface area contributed by atoms with Gasteiger partial charge in [-0.25, -0.2) is 0 Å². The molecular formula is C13H13N3O2. The van der Waals surface area contributed by atoms with Crippen LogP contribution in [0.5, 0.6) is 0 Å². The zero-order valence-corrected chi connectivity index (χ0v) is 9.91. The van der Waals surface area contributed by atoms with Gasteiger partial charge in [0.1, 0.15) is 0 Å². The van der Waals surface area contributed by atoms with Gasteiger partial charge in [-0.05, 0) is 36.8 Å². The van der Waals surface area contributed by atoms with Crippen LogP contribution in [0.3, 0.4) is 0 Å². The van der Waals surface area contributed by atoms with Crippen LogP contribution in [0.4, 0.5) is 11.4 Å². The third-order valence-corrected chi connectivity index (χ3v) is 2.67. The summed E-state index contributed by atoms with van der Waals surface area (Å²) in [6.07, 6.45) is 3.48. The number of hydrogen-bond donors (Lipinski definition) is 1. The Kier molecular flexibility index (Phi) is 3.52. The summed E-state index contributed by atoms with van der Waals surface area (Å²) in [6, 6.07) is 10.4. The van der Waals surface area contributed by atoms with E-state index in [9.17, 15) is 10.1 Å². The third-order valence-electron chi connectivity index (χ3n) is 2.67. The lowest BCUT2D eigenvalue weighted by Crippen LogP contribution is -2.06. The summed E-state index contributed by atoms with van der Waals surface area (Å²) < 4.78 is 0. The number of anilines is 1. The van der Waals surface area contributed by atoms with Crippen LogP contribution < -0.4 is 5.32 Å². The van der Waals surface area contributed by atoms with Crippen LogP contribution in [0.2, 0.25) is 0 Å². The molecular weight excluding hydrogens is 230 g/mol. The molecule has 2 rings (SSSR count). The molecule has 1 heterocycles. The first-order chi connectivity index (χ1) is 8.66. The summed E-state index contributed by atoms with van der Waals surface area (Å²) in [5, 5.41) is 13.8. The van der Waals surface area contributed by atoms with Crippen molar-refractivity contribution in [3.8, 4) is 0 Å². The number of nitrogens with one attached hydrogen (secondary N) is 1. The van der Waals surface area contributed by atoms with Crippen molar-refractivity contribution in [2.75, 3.05) is 5.32 Å². The number of hydrogen-bond acceptors (Lipinski definition) is 4. The number of nitrogens with zero attached hydrogens (tertiary/aromatic N) is 2. The lowest BCUT2D eigenvalue weighted by molar-refractivity contribution is -0.384. The minimum Gasteiger partial charge on any atom is -0.379 e. The van der Waals surface area contributed by atoms with E-state index in [4.69, 9.17) is 0 Å². The minimum absolute atomic E-state index is 0.0946. The fraction of sp³-hybridized carbons (Fsp3) is 0.154. The maximum Gasteiger partial charge on any atom is 0.269 e. The highest BCUT2D eigenvalue weighted by molar-refractivity contribution is 5.49. The SMILES string of the molecule is C[C@H](Nc1ccc([N+](=O)[O-])cc1)c1ccncc1. The smallest absolute Gasteiger partial charge is 0.269 e. The first kappa shape index (κ1) is 12.0. The highest BCUT2D eigenvalue weighted by Crippen LogP contribution is 2.20. The molecule has 18 heavy (non-hydrogen) atoms. The normalized spacial score (nSPS) is 11.8. The molecule has 0 radical (unpaired) electrons. The van der Waals surface area contributed by atoms with Gasteiger partial charge in [0.2, 0.25) is 0 Å². The van der Waals surface area contributed by atoms with Gasteiger partial charge in [-0.1, -0.05) is 0 Å². The molecule has 0 amide bonds. The van der Waals surface area contributed by atoms with Gasteiger partial charge in [-0.2, -0.15) is 0 Å². The van der Waals surface area contributed by atoms with E-state index in [1.165, 1.54) is 12.1 Å². The highest BCUT2D eigenvalue weighted by atomic mass is 16.6. The third kappa shape index (κ3) is 2.82. The van der Waals surface area contributed by atoms with Gasteiger partial charge < -0.3 is 5.32 Å². The number of non-ortho nitro benzene ring substituents is 1. The molecule has 0 bridgehead atoms. The predicted octanol–water partition coefficient (Wildman–Crippen LogP) is 3.16. The molecule has 0 saturated carbocycles. The molecule has 2 aromatic rings. The van der Waals surface area contributed by atoms with Crippen LogP contribution >= 0.6 is 0 Å². The van der Waals surface area contributed by atoms with Crippen molar-refractivity contribution < 1.29 is 4.92 Å². The second-order valence-electron chi connectivity index (χ2n) is 3.95. The number of nitro benzene ring substituents is 1. The number of nitro groups is 1. The molecule has 5 nitrogen and oxygen atoms in total. The van der Waals surface area contributed by atoms with Crippen LogP contribution in [-0.4, -0.2) is 9.91 Å². The number of rotatable bonds is 4. The van der Waals surface area contributed by atoms with Crippen LogP contribution in [0.25, 0.3) is 0 Å². The zero-order chi connectivity index (χ0) is 13.0. The first-order valence-corrected chi connectivity index (χ1v) is 5.58. The maximum atomic E-state index is 10.5. The average Bonchev–Trinajstić information content (AvgIpc) is 2.40. The summed E-state index contributed by atoms with van der Waals surface area (Å²) in [5.41, 5.74) is 2.06. The van der Waals surface area contributed by atoms with E-state index in [1.54, 1.807) is 24.5 Å². The van der Waals surface area contributed by atoms with Crippen LogP contribution in [-0.2, 0) is 0 Å². The molecule has 0 aliphatic rings. The van der Waals surface area contributed by atoms with Gasteiger partial charge in [-0.3, -0.25) is 15.1 Å².